The number of hydrogen-bond donors (Lipinski definition) is 4. The molecule has 0 radical (unpaired) electrons. The Bertz CT molecular complexity index is 1140. The first-order valence-corrected chi connectivity index (χ1v) is 26.7. The first-order chi connectivity index (χ1) is 29.5. The molecular formula is C48H92O12S. The number of esters is 2. The van der Waals surface area contributed by atoms with Crippen LogP contribution in [-0.4, -0.2) is 96.0 Å². The van der Waals surface area contributed by atoms with Gasteiger partial charge >= 0.3 is 11.9 Å². The second-order valence-electron chi connectivity index (χ2n) is 17.9. The molecular weight excluding hydrogens is 801 g/mol. The fourth-order valence-corrected chi connectivity index (χ4v) is 8.72. The Morgan fingerprint density at radius 3 is 1.20 bits per heavy atom. The number of carbonyl (C=O) groups is 2. The van der Waals surface area contributed by atoms with E-state index in [1.165, 1.54) is 161 Å². The van der Waals surface area contributed by atoms with Crippen molar-refractivity contribution in [3.63, 3.8) is 0 Å². The quantitative estimate of drug-likeness (QED) is 0.0258. The number of ether oxygens (including phenoxy) is 4. The molecule has 0 aromatic heterocycles. The van der Waals surface area contributed by atoms with Crippen LogP contribution in [0.4, 0.5) is 0 Å². The minimum Gasteiger partial charge on any atom is -0.462 e. The zero-order chi connectivity index (χ0) is 44.8. The van der Waals surface area contributed by atoms with Crippen molar-refractivity contribution in [1.82, 2.24) is 0 Å². The molecule has 6 atom stereocenters. The Morgan fingerprint density at radius 2 is 0.836 bits per heavy atom. The normalized spacial score (nSPS) is 19.9. The highest BCUT2D eigenvalue weighted by molar-refractivity contribution is 7.85. The predicted octanol–water partition coefficient (Wildman–Crippen LogP) is 10.8. The number of aliphatic hydroxyl groups is 3. The van der Waals surface area contributed by atoms with E-state index in [-0.39, 0.29) is 19.4 Å². The molecule has 1 heterocycles. The SMILES string of the molecule is CCCCCCCCCCCCCCCCCCCCCC(=O)OC[C@H](CO[C@H]1O[C@H](CS(=O)(=O)O)[C@@H](O)C(O)C1O)OC(=O)CCCCCCCCCCCCCCCC. The van der Waals surface area contributed by atoms with E-state index < -0.39 is 71.2 Å². The minimum absolute atomic E-state index is 0.172. The van der Waals surface area contributed by atoms with Crippen molar-refractivity contribution in [1.29, 1.82) is 0 Å². The van der Waals surface area contributed by atoms with Gasteiger partial charge in [-0.2, -0.15) is 8.42 Å². The van der Waals surface area contributed by atoms with Gasteiger partial charge in [-0.3, -0.25) is 14.1 Å². The number of unbranched alkanes of at least 4 members (excludes halogenated alkanes) is 31. The molecule has 362 valence electrons. The smallest absolute Gasteiger partial charge is 0.306 e. The van der Waals surface area contributed by atoms with E-state index in [0.717, 1.165) is 38.5 Å². The van der Waals surface area contributed by atoms with Gasteiger partial charge in [-0.25, -0.2) is 0 Å². The van der Waals surface area contributed by atoms with E-state index in [4.69, 9.17) is 18.9 Å². The maximum absolute atomic E-state index is 12.8. The fraction of sp³-hybridized carbons (Fsp3) is 0.958. The van der Waals surface area contributed by atoms with Gasteiger partial charge in [0.25, 0.3) is 10.1 Å². The molecule has 0 aromatic rings. The van der Waals surface area contributed by atoms with Crippen molar-refractivity contribution < 1.29 is 56.8 Å². The molecule has 0 spiro atoms. The third kappa shape index (κ3) is 33.8. The molecule has 13 heteroatoms. The fourth-order valence-electron chi connectivity index (χ4n) is 8.03. The van der Waals surface area contributed by atoms with Gasteiger partial charge in [-0.15, -0.1) is 0 Å². The maximum atomic E-state index is 12.8. The molecule has 0 aliphatic carbocycles. The van der Waals surface area contributed by atoms with E-state index in [0.29, 0.717) is 12.8 Å². The van der Waals surface area contributed by atoms with Crippen LogP contribution in [0.15, 0.2) is 0 Å². The van der Waals surface area contributed by atoms with Gasteiger partial charge in [0.1, 0.15) is 36.8 Å². The third-order valence-corrected chi connectivity index (χ3v) is 12.7. The molecule has 1 saturated heterocycles. The summed E-state index contributed by atoms with van der Waals surface area (Å²) in [5.74, 6) is -1.96. The second kappa shape index (κ2) is 39.1. The summed E-state index contributed by atoms with van der Waals surface area (Å²) >= 11 is 0. The largest absolute Gasteiger partial charge is 0.462 e. The lowest BCUT2D eigenvalue weighted by molar-refractivity contribution is -0.297. The summed E-state index contributed by atoms with van der Waals surface area (Å²) in [5, 5.41) is 30.9. The van der Waals surface area contributed by atoms with Gasteiger partial charge in [0.05, 0.1) is 6.61 Å². The van der Waals surface area contributed by atoms with Crippen LogP contribution in [0.5, 0.6) is 0 Å². The van der Waals surface area contributed by atoms with E-state index in [2.05, 4.69) is 13.8 Å². The van der Waals surface area contributed by atoms with Gasteiger partial charge in [0.2, 0.25) is 0 Å². The highest BCUT2D eigenvalue weighted by atomic mass is 32.2. The molecule has 12 nitrogen and oxygen atoms in total. The molecule has 61 heavy (non-hydrogen) atoms. The molecule has 1 fully saturated rings. The summed E-state index contributed by atoms with van der Waals surface area (Å²) in [4.78, 5) is 25.5. The van der Waals surface area contributed by atoms with E-state index in [9.17, 15) is 37.9 Å². The molecule has 1 aliphatic rings. The molecule has 1 rings (SSSR count). The summed E-state index contributed by atoms with van der Waals surface area (Å²) in [6, 6.07) is 0. The van der Waals surface area contributed by atoms with Crippen LogP contribution in [0.25, 0.3) is 0 Å². The summed E-state index contributed by atoms with van der Waals surface area (Å²) in [7, 11) is -4.60. The molecule has 0 aromatic carbocycles. The first-order valence-electron chi connectivity index (χ1n) is 25.1. The van der Waals surface area contributed by atoms with Gasteiger partial charge in [0, 0.05) is 12.8 Å². The maximum Gasteiger partial charge on any atom is 0.306 e. The zero-order valence-electron chi connectivity index (χ0n) is 38.8. The second-order valence-corrected chi connectivity index (χ2v) is 19.3. The molecule has 0 amide bonds. The topological polar surface area (TPSA) is 186 Å². The Labute approximate surface area is 372 Å². The third-order valence-electron chi connectivity index (χ3n) is 11.9. The van der Waals surface area contributed by atoms with Gasteiger partial charge in [-0.05, 0) is 12.8 Å². The lowest BCUT2D eigenvalue weighted by Gasteiger charge is -2.40. The van der Waals surface area contributed by atoms with E-state index in [1.807, 2.05) is 0 Å². The van der Waals surface area contributed by atoms with Crippen LogP contribution < -0.4 is 0 Å². The zero-order valence-corrected chi connectivity index (χ0v) is 39.6. The van der Waals surface area contributed by atoms with Crippen molar-refractivity contribution >= 4 is 22.1 Å². The van der Waals surface area contributed by atoms with Gasteiger partial charge < -0.3 is 34.3 Å². The minimum atomic E-state index is -4.60. The Kier molecular flexibility index (Phi) is 36.9. The van der Waals surface area contributed by atoms with Crippen LogP contribution in [0.1, 0.15) is 239 Å². The van der Waals surface area contributed by atoms with Gasteiger partial charge in [0.15, 0.2) is 12.4 Å². The molecule has 0 bridgehead atoms. The number of hydrogen-bond acceptors (Lipinski definition) is 11. The summed E-state index contributed by atoms with van der Waals surface area (Å²) < 4.78 is 54.2. The Morgan fingerprint density at radius 1 is 0.492 bits per heavy atom. The summed E-state index contributed by atoms with van der Waals surface area (Å²) in [6.45, 7) is 3.80. The lowest BCUT2D eigenvalue weighted by Crippen LogP contribution is -2.60. The van der Waals surface area contributed by atoms with Crippen molar-refractivity contribution in [3.05, 3.63) is 0 Å². The predicted molar refractivity (Wildman–Crippen MR) is 243 cm³/mol. The highest BCUT2D eigenvalue weighted by Gasteiger charge is 2.46. The van der Waals surface area contributed by atoms with E-state index in [1.54, 1.807) is 0 Å². The number of aliphatic hydroxyl groups excluding tert-OH is 3. The first kappa shape index (κ1) is 57.7. The van der Waals surface area contributed by atoms with Crippen molar-refractivity contribution in [2.24, 2.45) is 0 Å². The Hall–Kier alpha value is -1.35. The molecule has 4 N–H and O–H groups in total. The van der Waals surface area contributed by atoms with Crippen molar-refractivity contribution in [3.8, 4) is 0 Å². The Balaban J connectivity index is 2.36. The monoisotopic (exact) mass is 893 g/mol. The average molecular weight is 893 g/mol. The molecule has 1 aliphatic heterocycles. The van der Waals surface area contributed by atoms with Crippen molar-refractivity contribution in [2.75, 3.05) is 19.0 Å². The van der Waals surface area contributed by atoms with Crippen LogP contribution in [0.3, 0.4) is 0 Å². The lowest BCUT2D eigenvalue weighted by atomic mass is 10.00. The highest BCUT2D eigenvalue weighted by Crippen LogP contribution is 2.24. The van der Waals surface area contributed by atoms with Crippen LogP contribution in [0.2, 0.25) is 0 Å². The number of rotatable bonds is 43. The summed E-state index contributed by atoms with van der Waals surface area (Å²) in [5.41, 5.74) is 0. The standard InChI is InChI=1S/C48H92O12S/c1-3-5-7-9-11-13-15-17-19-20-21-22-23-25-26-28-30-32-34-36-43(49)57-38-41(39-58-48-47(53)46(52)45(51)42(60-48)40-61(54,55)56)59-44(50)37-35-33-31-29-27-24-18-16-14-12-10-8-6-4-2/h41-42,45-48,51-53H,3-40H2,1-2H3,(H,54,55,56)/t41-,42-,45-,46?,47?,48+/m1/s1. The van der Waals surface area contributed by atoms with Crippen LogP contribution >= 0.6 is 0 Å². The van der Waals surface area contributed by atoms with Crippen molar-refractivity contribution in [2.45, 2.75) is 275 Å². The molecule has 2 unspecified atom stereocenters. The van der Waals surface area contributed by atoms with Crippen LogP contribution in [0, 0.1) is 0 Å². The van der Waals surface area contributed by atoms with E-state index >= 15 is 0 Å². The van der Waals surface area contributed by atoms with Gasteiger partial charge in [-0.1, -0.05) is 213 Å². The average Bonchev–Trinajstić information content (AvgIpc) is 3.22. The number of carbonyl (C=O) groups excluding carboxylic acids is 2. The van der Waals surface area contributed by atoms with Crippen LogP contribution in [-0.2, 0) is 38.7 Å². The summed E-state index contributed by atoms with van der Waals surface area (Å²) in [6.07, 6.45) is 31.4. The molecule has 0 saturated carbocycles.